The third-order valence-electron chi connectivity index (χ3n) is 4.93. The summed E-state index contributed by atoms with van der Waals surface area (Å²) >= 11 is 0. The fourth-order valence-electron chi connectivity index (χ4n) is 3.19. The number of alkyl halides is 3. The summed E-state index contributed by atoms with van der Waals surface area (Å²) in [6.07, 6.45) is -1.59. The number of nitrogens with zero attached hydrogens (tertiary/aromatic N) is 3. The van der Waals surface area contributed by atoms with Crippen LogP contribution in [-0.2, 0) is 6.18 Å². The van der Waals surface area contributed by atoms with Crippen molar-refractivity contribution in [2.75, 3.05) is 31.1 Å². The maximum absolute atomic E-state index is 13.5. The van der Waals surface area contributed by atoms with Crippen LogP contribution in [0, 0.1) is 16.7 Å². The van der Waals surface area contributed by atoms with Crippen molar-refractivity contribution < 1.29 is 18.3 Å². The molecule has 150 valence electrons. The van der Waals surface area contributed by atoms with Crippen molar-refractivity contribution in [2.24, 2.45) is 0 Å². The van der Waals surface area contributed by atoms with Gasteiger partial charge in [0, 0.05) is 37.6 Å². The number of nitrogens with one attached hydrogen (secondary N) is 3. The second kappa shape index (κ2) is 8.16. The molecule has 2 atom stereocenters. The van der Waals surface area contributed by atoms with Crippen LogP contribution in [0.2, 0.25) is 0 Å². The fraction of sp³-hybridized carbons (Fsp3) is 0.500. The molecule has 0 aliphatic carbocycles. The van der Waals surface area contributed by atoms with E-state index in [-0.39, 0.29) is 23.1 Å². The summed E-state index contributed by atoms with van der Waals surface area (Å²) in [5.74, 6) is -0.00627. The van der Waals surface area contributed by atoms with E-state index in [1.54, 1.807) is 11.0 Å². The molecule has 3 heterocycles. The molecule has 0 amide bonds. The van der Waals surface area contributed by atoms with Crippen molar-refractivity contribution in [3.8, 4) is 6.07 Å². The van der Waals surface area contributed by atoms with Crippen LogP contribution in [0.1, 0.15) is 29.7 Å². The molecular formula is C18H21F3N6O. The maximum atomic E-state index is 13.5. The Morgan fingerprint density at radius 1 is 1.46 bits per heavy atom. The van der Waals surface area contributed by atoms with Gasteiger partial charge in [-0.2, -0.15) is 18.4 Å². The first kappa shape index (κ1) is 20.1. The van der Waals surface area contributed by atoms with Crippen LogP contribution in [0.5, 0.6) is 0 Å². The predicted molar refractivity (Wildman–Crippen MR) is 98.0 cm³/mol. The molecular weight excluding hydrogens is 373 g/mol. The smallest absolute Gasteiger partial charge is 0.390 e. The van der Waals surface area contributed by atoms with Gasteiger partial charge in [-0.15, -0.1) is 0 Å². The number of hydrogen-bond donors (Lipinski definition) is 4. The number of β-amino-alcohol motifs (C(OH)–C–C–N with tert-alkyl or cyclic N) is 1. The molecule has 28 heavy (non-hydrogen) atoms. The van der Waals surface area contributed by atoms with E-state index < -0.39 is 23.4 Å². The predicted octanol–water partition coefficient (Wildman–Crippen LogP) is 1.49. The third-order valence-corrected chi connectivity index (χ3v) is 4.93. The van der Waals surface area contributed by atoms with Gasteiger partial charge in [0.1, 0.15) is 17.5 Å². The monoisotopic (exact) mass is 394 g/mol. The topological polar surface area (TPSA) is 108 Å². The molecule has 1 aromatic rings. The fourth-order valence-corrected chi connectivity index (χ4v) is 3.19. The molecule has 2 unspecified atom stereocenters. The third kappa shape index (κ3) is 4.10. The minimum absolute atomic E-state index is 0.00627. The summed E-state index contributed by atoms with van der Waals surface area (Å²) in [6.45, 7) is 2.18. The molecule has 4 N–H and O–H groups in total. The highest BCUT2D eigenvalue weighted by atomic mass is 19.4. The second-order valence-corrected chi connectivity index (χ2v) is 6.78. The number of pyridine rings is 1. The Labute approximate surface area is 160 Å². The quantitative estimate of drug-likeness (QED) is 0.564. The van der Waals surface area contributed by atoms with Gasteiger partial charge in [-0.1, -0.05) is 0 Å². The molecule has 10 heteroatoms. The van der Waals surface area contributed by atoms with Crippen LogP contribution in [0.3, 0.4) is 0 Å². The number of rotatable bonds is 5. The SMILES string of the molecule is N#Cc1c(C(F)(F)F)cc(/C(C=N)=C/NC2CCNCC2O)nc1N1CCC1. The lowest BCUT2D eigenvalue weighted by molar-refractivity contribution is -0.137. The van der Waals surface area contributed by atoms with Crippen molar-refractivity contribution in [3.63, 3.8) is 0 Å². The standard InChI is InChI=1S/C18H21F3N6O/c19-18(20,21)13-6-15(26-17(12(13)8-23)27-4-1-5-27)11(7-22)9-25-14-2-3-24-10-16(14)28/h6-7,9,14,16,22,24-25,28H,1-5,10H2/b11-9+,22-7?. The Kier molecular flexibility index (Phi) is 5.86. The van der Waals surface area contributed by atoms with Gasteiger partial charge in [-0.25, -0.2) is 4.98 Å². The molecule has 0 saturated carbocycles. The molecule has 2 fully saturated rings. The van der Waals surface area contributed by atoms with E-state index in [0.29, 0.717) is 32.6 Å². The first-order chi connectivity index (χ1) is 13.3. The minimum atomic E-state index is -4.71. The summed E-state index contributed by atoms with van der Waals surface area (Å²) in [4.78, 5) is 5.89. The lowest BCUT2D eigenvalue weighted by Crippen LogP contribution is -2.49. The van der Waals surface area contributed by atoms with Crippen molar-refractivity contribution in [1.29, 1.82) is 10.7 Å². The van der Waals surface area contributed by atoms with Gasteiger partial charge >= 0.3 is 6.18 Å². The van der Waals surface area contributed by atoms with Gasteiger partial charge < -0.3 is 26.0 Å². The van der Waals surface area contributed by atoms with E-state index in [0.717, 1.165) is 18.7 Å². The second-order valence-electron chi connectivity index (χ2n) is 6.78. The van der Waals surface area contributed by atoms with E-state index in [1.807, 2.05) is 0 Å². The summed E-state index contributed by atoms with van der Waals surface area (Å²) in [7, 11) is 0. The highest BCUT2D eigenvalue weighted by Gasteiger charge is 2.37. The number of aliphatic hydroxyl groups excluding tert-OH is 1. The number of nitriles is 1. The lowest BCUT2D eigenvalue weighted by Gasteiger charge is -2.33. The Hall–Kier alpha value is -2.64. The molecule has 7 nitrogen and oxygen atoms in total. The normalized spacial score (nSPS) is 23.0. The number of allylic oxidation sites excluding steroid dienone is 1. The number of aromatic nitrogens is 1. The summed E-state index contributed by atoms with van der Waals surface area (Å²) < 4.78 is 40.6. The van der Waals surface area contributed by atoms with Gasteiger partial charge in [-0.3, -0.25) is 0 Å². The van der Waals surface area contributed by atoms with Gasteiger partial charge in [0.05, 0.1) is 23.4 Å². The summed E-state index contributed by atoms with van der Waals surface area (Å²) in [5.41, 5.74) is -1.46. The number of piperidine rings is 1. The molecule has 0 radical (unpaired) electrons. The average molecular weight is 394 g/mol. The number of anilines is 1. The Balaban J connectivity index is 2.00. The molecule has 2 saturated heterocycles. The van der Waals surface area contributed by atoms with Crippen LogP contribution < -0.4 is 15.5 Å². The van der Waals surface area contributed by atoms with Crippen molar-refractivity contribution in [1.82, 2.24) is 15.6 Å². The zero-order valence-electron chi connectivity index (χ0n) is 15.1. The van der Waals surface area contributed by atoms with Crippen LogP contribution in [0.15, 0.2) is 12.3 Å². The van der Waals surface area contributed by atoms with Crippen molar-refractivity contribution in [2.45, 2.75) is 31.2 Å². The molecule has 2 aliphatic heterocycles. The molecule has 3 rings (SSSR count). The highest BCUT2D eigenvalue weighted by Crippen LogP contribution is 2.37. The van der Waals surface area contributed by atoms with Gasteiger partial charge in [0.2, 0.25) is 0 Å². The van der Waals surface area contributed by atoms with E-state index in [1.165, 1.54) is 6.20 Å². The molecule has 0 aromatic carbocycles. The van der Waals surface area contributed by atoms with Crippen LogP contribution in [0.4, 0.5) is 19.0 Å². The van der Waals surface area contributed by atoms with Crippen molar-refractivity contribution in [3.05, 3.63) is 29.1 Å². The van der Waals surface area contributed by atoms with Gasteiger partial charge in [0.25, 0.3) is 0 Å². The maximum Gasteiger partial charge on any atom is 0.417 e. The summed E-state index contributed by atoms with van der Waals surface area (Å²) in [6, 6.07) is 2.17. The van der Waals surface area contributed by atoms with Crippen LogP contribution in [0.25, 0.3) is 5.57 Å². The molecule has 1 aromatic heterocycles. The molecule has 0 spiro atoms. The first-order valence-corrected chi connectivity index (χ1v) is 8.98. The average Bonchev–Trinajstić information content (AvgIpc) is 2.61. The largest absolute Gasteiger partial charge is 0.417 e. The first-order valence-electron chi connectivity index (χ1n) is 8.98. The number of aliphatic hydroxyl groups is 1. The minimum Gasteiger partial charge on any atom is -0.390 e. The highest BCUT2D eigenvalue weighted by molar-refractivity contribution is 6.07. The molecule has 2 aliphatic rings. The van der Waals surface area contributed by atoms with E-state index in [9.17, 15) is 23.5 Å². The number of halogens is 3. The Bertz CT molecular complexity index is 813. The lowest BCUT2D eigenvalue weighted by atomic mass is 10.0. The van der Waals surface area contributed by atoms with E-state index in [4.69, 9.17) is 5.41 Å². The van der Waals surface area contributed by atoms with E-state index in [2.05, 4.69) is 15.6 Å². The molecule has 0 bridgehead atoms. The van der Waals surface area contributed by atoms with E-state index >= 15 is 0 Å². The number of hydrogen-bond acceptors (Lipinski definition) is 7. The zero-order chi connectivity index (χ0) is 20.3. The summed E-state index contributed by atoms with van der Waals surface area (Å²) in [5, 5.41) is 32.9. The van der Waals surface area contributed by atoms with Crippen molar-refractivity contribution >= 4 is 17.6 Å². The Morgan fingerprint density at radius 2 is 2.21 bits per heavy atom. The zero-order valence-corrected chi connectivity index (χ0v) is 15.1. The Morgan fingerprint density at radius 3 is 2.75 bits per heavy atom. The van der Waals surface area contributed by atoms with Gasteiger partial charge in [-0.05, 0) is 25.5 Å². The van der Waals surface area contributed by atoms with Gasteiger partial charge in [0.15, 0.2) is 0 Å². The van der Waals surface area contributed by atoms with Crippen LogP contribution >= 0.6 is 0 Å². The van der Waals surface area contributed by atoms with Crippen LogP contribution in [-0.4, -0.2) is 54.6 Å².